The lowest BCUT2D eigenvalue weighted by atomic mass is 10.0. The first-order chi connectivity index (χ1) is 4.51. The summed E-state index contributed by atoms with van der Waals surface area (Å²) >= 11 is 0. The molecule has 0 aromatic carbocycles. The van der Waals surface area contributed by atoms with E-state index >= 15 is 0 Å². The number of hydrogen-bond donors (Lipinski definition) is 0. The van der Waals surface area contributed by atoms with Gasteiger partial charge in [-0.1, -0.05) is 13.8 Å². The first-order valence-corrected chi connectivity index (χ1v) is 3.72. The smallest absolute Gasteiger partial charge is 0.156 e. The zero-order valence-corrected chi connectivity index (χ0v) is 7.14. The molecule has 0 bridgehead atoms. The van der Waals surface area contributed by atoms with Crippen molar-refractivity contribution in [3.63, 3.8) is 0 Å². The SMILES string of the molecule is CC(C)[C@@]1(N(C)C)CC1=O. The first kappa shape index (κ1) is 7.73. The molecule has 0 N–H and O–H groups in total. The van der Waals surface area contributed by atoms with Crippen LogP contribution in [0.4, 0.5) is 0 Å². The van der Waals surface area contributed by atoms with Crippen LogP contribution in [0.5, 0.6) is 0 Å². The summed E-state index contributed by atoms with van der Waals surface area (Å²) in [6.45, 7) is 4.20. The van der Waals surface area contributed by atoms with Crippen molar-refractivity contribution in [1.29, 1.82) is 0 Å². The molecule has 0 spiro atoms. The highest BCUT2D eigenvalue weighted by Gasteiger charge is 2.57. The van der Waals surface area contributed by atoms with Gasteiger partial charge in [-0.05, 0) is 20.0 Å². The van der Waals surface area contributed by atoms with Gasteiger partial charge in [0.1, 0.15) is 0 Å². The Kier molecular flexibility index (Phi) is 1.59. The minimum absolute atomic E-state index is 0.0972. The van der Waals surface area contributed by atoms with Crippen molar-refractivity contribution in [2.45, 2.75) is 25.8 Å². The average Bonchev–Trinajstić information content (AvgIpc) is 2.42. The maximum Gasteiger partial charge on any atom is 0.156 e. The van der Waals surface area contributed by atoms with Gasteiger partial charge >= 0.3 is 0 Å². The topological polar surface area (TPSA) is 20.3 Å². The lowest BCUT2D eigenvalue weighted by molar-refractivity contribution is -0.114. The Balaban J connectivity index is 2.73. The molecule has 0 radical (unpaired) electrons. The van der Waals surface area contributed by atoms with E-state index in [0.29, 0.717) is 11.7 Å². The largest absolute Gasteiger partial charge is 0.297 e. The standard InChI is InChI=1S/C8H15NO/c1-6(2)8(9(3)4)5-7(8)10/h6H,5H2,1-4H3/t8-/m0/s1. The molecule has 0 heterocycles. The number of nitrogens with zero attached hydrogens (tertiary/aromatic N) is 1. The molecule has 1 atom stereocenters. The predicted octanol–water partition coefficient (Wildman–Crippen LogP) is 0.916. The minimum Gasteiger partial charge on any atom is -0.297 e. The second kappa shape index (κ2) is 2.06. The van der Waals surface area contributed by atoms with Gasteiger partial charge in [-0.15, -0.1) is 0 Å². The third-order valence-corrected chi connectivity index (χ3v) is 2.54. The van der Waals surface area contributed by atoms with Gasteiger partial charge in [0.05, 0.1) is 5.54 Å². The van der Waals surface area contributed by atoms with Gasteiger partial charge in [0, 0.05) is 6.42 Å². The molecule has 2 nitrogen and oxygen atoms in total. The molecule has 1 rings (SSSR count). The highest BCUT2D eigenvalue weighted by Crippen LogP contribution is 2.41. The Morgan fingerprint density at radius 3 is 1.90 bits per heavy atom. The summed E-state index contributed by atoms with van der Waals surface area (Å²) in [6.07, 6.45) is 0.748. The van der Waals surface area contributed by atoms with Crippen LogP contribution in [0.15, 0.2) is 0 Å². The highest BCUT2D eigenvalue weighted by atomic mass is 16.1. The lowest BCUT2D eigenvalue weighted by Gasteiger charge is -2.25. The molecule has 0 unspecified atom stereocenters. The molecule has 0 aliphatic heterocycles. The van der Waals surface area contributed by atoms with Crippen molar-refractivity contribution >= 4 is 5.78 Å². The van der Waals surface area contributed by atoms with Crippen LogP contribution in [-0.2, 0) is 4.79 Å². The molecular formula is C8H15NO. The van der Waals surface area contributed by atoms with Crippen LogP contribution >= 0.6 is 0 Å². The van der Waals surface area contributed by atoms with Crippen molar-refractivity contribution in [3.8, 4) is 0 Å². The van der Waals surface area contributed by atoms with E-state index in [9.17, 15) is 4.79 Å². The molecular weight excluding hydrogens is 126 g/mol. The van der Waals surface area contributed by atoms with Crippen LogP contribution in [0, 0.1) is 5.92 Å². The van der Waals surface area contributed by atoms with Crippen molar-refractivity contribution in [2.75, 3.05) is 14.1 Å². The zero-order valence-electron chi connectivity index (χ0n) is 7.14. The van der Waals surface area contributed by atoms with Crippen molar-refractivity contribution in [2.24, 2.45) is 5.92 Å². The number of hydrogen-bond acceptors (Lipinski definition) is 2. The van der Waals surface area contributed by atoms with Gasteiger partial charge in [0.25, 0.3) is 0 Å². The maximum absolute atomic E-state index is 11.0. The van der Waals surface area contributed by atoms with E-state index in [1.54, 1.807) is 0 Å². The van der Waals surface area contributed by atoms with Crippen molar-refractivity contribution < 1.29 is 4.79 Å². The van der Waals surface area contributed by atoms with Crippen LogP contribution in [0.2, 0.25) is 0 Å². The number of carbonyl (C=O) groups is 1. The molecule has 2 heteroatoms. The Hall–Kier alpha value is -0.370. The number of Topliss-reactive ketones (excluding diaryl/α,β-unsaturated/α-hetero) is 1. The summed E-state index contributed by atoms with van der Waals surface area (Å²) in [5.41, 5.74) is -0.0972. The molecule has 10 heavy (non-hydrogen) atoms. The molecule has 1 aliphatic rings. The summed E-state index contributed by atoms with van der Waals surface area (Å²) in [7, 11) is 3.95. The normalized spacial score (nSPS) is 32.0. The Morgan fingerprint density at radius 2 is 1.90 bits per heavy atom. The molecule has 58 valence electrons. The van der Waals surface area contributed by atoms with E-state index in [4.69, 9.17) is 0 Å². The number of carbonyl (C=O) groups excluding carboxylic acids is 1. The van der Waals surface area contributed by atoms with Gasteiger partial charge < -0.3 is 0 Å². The number of likely N-dealkylation sites (N-methyl/N-ethyl adjacent to an activating group) is 1. The molecule has 0 amide bonds. The fourth-order valence-corrected chi connectivity index (χ4v) is 1.65. The first-order valence-electron chi connectivity index (χ1n) is 3.72. The third-order valence-electron chi connectivity index (χ3n) is 2.54. The molecule has 0 saturated heterocycles. The number of ketones is 1. The predicted molar refractivity (Wildman–Crippen MR) is 40.9 cm³/mol. The second-order valence-electron chi connectivity index (χ2n) is 3.57. The Bertz CT molecular complexity index is 153. The highest BCUT2D eigenvalue weighted by molar-refractivity contribution is 6.05. The van der Waals surface area contributed by atoms with E-state index in [0.717, 1.165) is 6.42 Å². The van der Waals surface area contributed by atoms with Gasteiger partial charge in [-0.3, -0.25) is 9.69 Å². The van der Waals surface area contributed by atoms with Crippen LogP contribution < -0.4 is 0 Å². The van der Waals surface area contributed by atoms with Crippen molar-refractivity contribution in [3.05, 3.63) is 0 Å². The zero-order chi connectivity index (χ0) is 7.94. The Morgan fingerprint density at radius 1 is 1.50 bits per heavy atom. The van der Waals surface area contributed by atoms with E-state index in [1.807, 2.05) is 19.0 Å². The van der Waals surface area contributed by atoms with Gasteiger partial charge in [-0.2, -0.15) is 0 Å². The van der Waals surface area contributed by atoms with Crippen LogP contribution in [0.1, 0.15) is 20.3 Å². The third kappa shape index (κ3) is 0.788. The van der Waals surface area contributed by atoms with Crippen LogP contribution in [0.3, 0.4) is 0 Å². The van der Waals surface area contributed by atoms with Crippen LogP contribution in [-0.4, -0.2) is 30.3 Å². The molecule has 1 fully saturated rings. The average molecular weight is 141 g/mol. The second-order valence-corrected chi connectivity index (χ2v) is 3.57. The van der Waals surface area contributed by atoms with E-state index in [-0.39, 0.29) is 5.54 Å². The minimum atomic E-state index is -0.0972. The van der Waals surface area contributed by atoms with E-state index in [1.165, 1.54) is 0 Å². The molecule has 1 aliphatic carbocycles. The van der Waals surface area contributed by atoms with E-state index in [2.05, 4.69) is 13.8 Å². The maximum atomic E-state index is 11.0. The van der Waals surface area contributed by atoms with E-state index < -0.39 is 0 Å². The van der Waals surface area contributed by atoms with Crippen LogP contribution in [0.25, 0.3) is 0 Å². The summed E-state index contributed by atoms with van der Waals surface area (Å²) in [5, 5.41) is 0. The fourth-order valence-electron chi connectivity index (χ4n) is 1.65. The summed E-state index contributed by atoms with van der Waals surface area (Å²) in [4.78, 5) is 13.1. The molecule has 1 saturated carbocycles. The van der Waals surface area contributed by atoms with Gasteiger partial charge in [0.2, 0.25) is 0 Å². The monoisotopic (exact) mass is 141 g/mol. The summed E-state index contributed by atoms with van der Waals surface area (Å²) < 4.78 is 0. The molecule has 0 aromatic heterocycles. The number of rotatable bonds is 2. The van der Waals surface area contributed by atoms with Gasteiger partial charge in [-0.25, -0.2) is 0 Å². The molecule has 0 aromatic rings. The summed E-state index contributed by atoms with van der Waals surface area (Å²) in [5.74, 6) is 0.850. The summed E-state index contributed by atoms with van der Waals surface area (Å²) in [6, 6.07) is 0. The lowest BCUT2D eigenvalue weighted by Crippen LogP contribution is -2.37. The van der Waals surface area contributed by atoms with Gasteiger partial charge in [0.15, 0.2) is 5.78 Å². The quantitative estimate of drug-likeness (QED) is 0.570. The fraction of sp³-hybridized carbons (Fsp3) is 0.875. The van der Waals surface area contributed by atoms with Crippen molar-refractivity contribution in [1.82, 2.24) is 4.90 Å². The Labute approximate surface area is 62.2 Å².